The van der Waals surface area contributed by atoms with Gasteiger partial charge in [-0.3, -0.25) is 0 Å². The summed E-state index contributed by atoms with van der Waals surface area (Å²) in [5.74, 6) is 1.79. The number of fused-ring (bicyclic) bond motifs is 1. The highest BCUT2D eigenvalue weighted by Gasteiger charge is 2.12. The molecule has 1 aliphatic rings. The first-order valence-electron chi connectivity index (χ1n) is 6.94. The zero-order valence-corrected chi connectivity index (χ0v) is 11.4. The van der Waals surface area contributed by atoms with Crippen LogP contribution in [0.5, 0.6) is 11.5 Å². The molecule has 98 valence electrons. The average Bonchev–Trinajstić information content (AvgIpc) is 2.42. The molecule has 0 spiro atoms. The lowest BCUT2D eigenvalue weighted by molar-refractivity contribution is 0.268. The second kappa shape index (κ2) is 6.48. The van der Waals surface area contributed by atoms with Gasteiger partial charge in [0.1, 0.15) is 0 Å². The third kappa shape index (κ3) is 3.06. The minimum atomic E-state index is 0.741. The molecule has 0 N–H and O–H groups in total. The van der Waals surface area contributed by atoms with Gasteiger partial charge in [0, 0.05) is 0 Å². The van der Waals surface area contributed by atoms with Crippen molar-refractivity contribution in [3.8, 4) is 11.5 Å². The molecule has 0 bridgehead atoms. The number of hydrogen-bond donors (Lipinski definition) is 0. The Kier molecular flexibility index (Phi) is 4.68. The molecule has 2 nitrogen and oxygen atoms in total. The standard InChI is InChI=1S/C16H22O2/c1-3-9-17-15-11-13-7-5-6-8-14(13)12-16(15)18-10-4-2/h5,7,11-12H,3-4,6,8-10H2,1-2H3. The van der Waals surface area contributed by atoms with Gasteiger partial charge in [0.15, 0.2) is 11.5 Å². The lowest BCUT2D eigenvalue weighted by Gasteiger charge is -2.17. The number of aryl methyl sites for hydroxylation is 1. The monoisotopic (exact) mass is 246 g/mol. The van der Waals surface area contributed by atoms with E-state index in [-0.39, 0.29) is 0 Å². The zero-order valence-electron chi connectivity index (χ0n) is 11.4. The summed E-state index contributed by atoms with van der Waals surface area (Å²) in [5.41, 5.74) is 2.64. The quantitative estimate of drug-likeness (QED) is 0.748. The molecule has 0 fully saturated rings. The Bertz CT molecular complexity index is 421. The molecule has 0 aliphatic heterocycles. The highest BCUT2D eigenvalue weighted by molar-refractivity contribution is 5.62. The Balaban J connectivity index is 2.26. The summed E-state index contributed by atoms with van der Waals surface area (Å²) in [7, 11) is 0. The van der Waals surface area contributed by atoms with Crippen LogP contribution < -0.4 is 9.47 Å². The van der Waals surface area contributed by atoms with Crippen LogP contribution >= 0.6 is 0 Å². The third-order valence-corrected chi connectivity index (χ3v) is 3.01. The van der Waals surface area contributed by atoms with Crippen LogP contribution in [-0.2, 0) is 6.42 Å². The van der Waals surface area contributed by atoms with Crippen LogP contribution in [0.4, 0.5) is 0 Å². The molecule has 1 aliphatic carbocycles. The van der Waals surface area contributed by atoms with Crippen LogP contribution in [0.25, 0.3) is 6.08 Å². The number of hydrogen-bond acceptors (Lipinski definition) is 2. The summed E-state index contributed by atoms with van der Waals surface area (Å²) < 4.78 is 11.6. The van der Waals surface area contributed by atoms with E-state index < -0.39 is 0 Å². The molecule has 0 radical (unpaired) electrons. The molecule has 2 rings (SSSR count). The SMILES string of the molecule is CCCOc1cc2c(cc1OCCC)CCC=C2. The molecule has 18 heavy (non-hydrogen) atoms. The Hall–Kier alpha value is -1.44. The van der Waals surface area contributed by atoms with E-state index in [1.54, 1.807) is 0 Å². The van der Waals surface area contributed by atoms with Gasteiger partial charge in [-0.2, -0.15) is 0 Å². The van der Waals surface area contributed by atoms with Gasteiger partial charge in [0.25, 0.3) is 0 Å². The van der Waals surface area contributed by atoms with E-state index in [4.69, 9.17) is 9.47 Å². The fraction of sp³-hybridized carbons (Fsp3) is 0.500. The van der Waals surface area contributed by atoms with E-state index >= 15 is 0 Å². The second-order valence-corrected chi connectivity index (χ2v) is 4.64. The van der Waals surface area contributed by atoms with E-state index in [1.165, 1.54) is 11.1 Å². The minimum Gasteiger partial charge on any atom is -0.490 e. The molecular weight excluding hydrogens is 224 g/mol. The number of ether oxygens (including phenoxy) is 2. The van der Waals surface area contributed by atoms with Crippen LogP contribution in [-0.4, -0.2) is 13.2 Å². The topological polar surface area (TPSA) is 18.5 Å². The molecule has 0 amide bonds. The summed E-state index contributed by atoms with van der Waals surface area (Å²) in [6.07, 6.45) is 8.65. The van der Waals surface area contributed by atoms with Gasteiger partial charge in [-0.1, -0.05) is 26.0 Å². The predicted molar refractivity (Wildman–Crippen MR) is 75.4 cm³/mol. The highest BCUT2D eigenvalue weighted by Crippen LogP contribution is 2.34. The maximum atomic E-state index is 5.80. The average molecular weight is 246 g/mol. The molecule has 0 heterocycles. The first-order chi connectivity index (χ1) is 8.85. The minimum absolute atomic E-state index is 0.741. The molecule has 1 aromatic rings. The van der Waals surface area contributed by atoms with Crippen molar-refractivity contribution in [3.63, 3.8) is 0 Å². The maximum Gasteiger partial charge on any atom is 0.161 e. The van der Waals surface area contributed by atoms with E-state index in [0.29, 0.717) is 0 Å². The van der Waals surface area contributed by atoms with E-state index in [2.05, 4.69) is 38.1 Å². The number of rotatable bonds is 6. The van der Waals surface area contributed by atoms with Crippen molar-refractivity contribution in [1.29, 1.82) is 0 Å². The fourth-order valence-corrected chi connectivity index (χ4v) is 2.09. The van der Waals surface area contributed by atoms with Gasteiger partial charge < -0.3 is 9.47 Å². The molecule has 0 saturated carbocycles. The van der Waals surface area contributed by atoms with Crippen molar-refractivity contribution in [2.75, 3.05) is 13.2 Å². The molecular formula is C16H22O2. The fourth-order valence-electron chi connectivity index (χ4n) is 2.09. The van der Waals surface area contributed by atoms with Gasteiger partial charge in [-0.05, 0) is 48.9 Å². The number of allylic oxidation sites excluding steroid dienone is 1. The predicted octanol–water partition coefficient (Wildman–Crippen LogP) is 4.22. The summed E-state index contributed by atoms with van der Waals surface area (Å²) in [4.78, 5) is 0. The largest absolute Gasteiger partial charge is 0.490 e. The van der Waals surface area contributed by atoms with Crippen LogP contribution in [0.15, 0.2) is 18.2 Å². The van der Waals surface area contributed by atoms with Gasteiger partial charge in [-0.15, -0.1) is 0 Å². The van der Waals surface area contributed by atoms with Gasteiger partial charge in [0.2, 0.25) is 0 Å². The highest BCUT2D eigenvalue weighted by atomic mass is 16.5. The Morgan fingerprint density at radius 3 is 2.33 bits per heavy atom. The van der Waals surface area contributed by atoms with Gasteiger partial charge in [0.05, 0.1) is 13.2 Å². The van der Waals surface area contributed by atoms with Gasteiger partial charge >= 0.3 is 0 Å². The molecule has 0 saturated heterocycles. The van der Waals surface area contributed by atoms with Crippen molar-refractivity contribution < 1.29 is 9.47 Å². The smallest absolute Gasteiger partial charge is 0.161 e. The van der Waals surface area contributed by atoms with E-state index in [9.17, 15) is 0 Å². The van der Waals surface area contributed by atoms with Crippen LogP contribution in [0.3, 0.4) is 0 Å². The van der Waals surface area contributed by atoms with Crippen LogP contribution in [0.2, 0.25) is 0 Å². The summed E-state index contributed by atoms with van der Waals surface area (Å²) in [6.45, 7) is 5.72. The van der Waals surface area contributed by atoms with E-state index in [1.807, 2.05) is 0 Å². The van der Waals surface area contributed by atoms with Crippen molar-refractivity contribution in [1.82, 2.24) is 0 Å². The summed E-state index contributed by atoms with van der Waals surface area (Å²) in [5, 5.41) is 0. The van der Waals surface area contributed by atoms with Crippen molar-refractivity contribution in [2.24, 2.45) is 0 Å². The van der Waals surface area contributed by atoms with Crippen molar-refractivity contribution in [3.05, 3.63) is 29.3 Å². The Morgan fingerprint density at radius 1 is 1.00 bits per heavy atom. The van der Waals surface area contributed by atoms with Crippen molar-refractivity contribution >= 4 is 6.08 Å². The summed E-state index contributed by atoms with van der Waals surface area (Å²) >= 11 is 0. The normalized spacial score (nSPS) is 13.2. The Labute approximate surface area is 110 Å². The summed E-state index contributed by atoms with van der Waals surface area (Å²) in [6, 6.07) is 4.27. The van der Waals surface area contributed by atoms with Crippen LogP contribution in [0.1, 0.15) is 44.2 Å². The molecule has 2 heteroatoms. The zero-order chi connectivity index (χ0) is 12.8. The first-order valence-corrected chi connectivity index (χ1v) is 6.94. The van der Waals surface area contributed by atoms with Crippen LogP contribution in [0, 0.1) is 0 Å². The molecule has 0 atom stereocenters. The maximum absolute atomic E-state index is 5.80. The third-order valence-electron chi connectivity index (χ3n) is 3.01. The molecule has 0 aromatic heterocycles. The van der Waals surface area contributed by atoms with E-state index in [0.717, 1.165) is 50.4 Å². The van der Waals surface area contributed by atoms with Gasteiger partial charge in [-0.25, -0.2) is 0 Å². The van der Waals surface area contributed by atoms with Crippen molar-refractivity contribution in [2.45, 2.75) is 39.5 Å². The molecule has 1 aromatic carbocycles. The molecule has 0 unspecified atom stereocenters. The second-order valence-electron chi connectivity index (χ2n) is 4.64. The number of benzene rings is 1. The Morgan fingerprint density at radius 2 is 1.67 bits per heavy atom. The lowest BCUT2D eigenvalue weighted by atomic mass is 9.97. The lowest BCUT2D eigenvalue weighted by Crippen LogP contribution is -2.04. The first kappa shape index (κ1) is 13.0.